The van der Waals surface area contributed by atoms with Crippen LogP contribution in [-0.2, 0) is 0 Å². The summed E-state index contributed by atoms with van der Waals surface area (Å²) in [4.78, 5) is 0. The van der Waals surface area contributed by atoms with Crippen LogP contribution in [-0.4, -0.2) is 10.2 Å². The molecule has 0 aliphatic heterocycles. The molecule has 1 heterocycles. The van der Waals surface area contributed by atoms with Gasteiger partial charge in [0.2, 0.25) is 5.13 Å². The quantitative estimate of drug-likeness (QED) is 0.878. The summed E-state index contributed by atoms with van der Waals surface area (Å²) in [6.07, 6.45) is 2.39. The van der Waals surface area contributed by atoms with Gasteiger partial charge in [-0.05, 0) is 29.9 Å². The molecule has 17 heavy (non-hydrogen) atoms. The second-order valence-electron chi connectivity index (χ2n) is 4.55. The summed E-state index contributed by atoms with van der Waals surface area (Å²) in [7, 11) is 0. The lowest BCUT2D eigenvalue weighted by Gasteiger charge is -2.30. The molecule has 88 valence electrons. The lowest BCUT2D eigenvalue weighted by Crippen LogP contribution is -2.19. The molecule has 0 fully saturated rings. The third-order valence-corrected chi connectivity index (χ3v) is 4.07. The van der Waals surface area contributed by atoms with Gasteiger partial charge in [0.1, 0.15) is 5.51 Å². The molecule has 0 saturated heterocycles. The fourth-order valence-electron chi connectivity index (χ4n) is 2.54. The van der Waals surface area contributed by atoms with Crippen molar-refractivity contribution in [3.63, 3.8) is 0 Å². The summed E-state index contributed by atoms with van der Waals surface area (Å²) in [5, 5.41) is 12.3. The van der Waals surface area contributed by atoms with Crippen LogP contribution in [0.3, 0.4) is 0 Å². The fraction of sp³-hybridized carbons (Fsp3) is 0.385. The first-order valence-corrected chi connectivity index (χ1v) is 6.84. The molecule has 3 rings (SSSR count). The number of hydrogen-bond acceptors (Lipinski definition) is 4. The van der Waals surface area contributed by atoms with Crippen LogP contribution in [0.15, 0.2) is 29.8 Å². The topological polar surface area (TPSA) is 37.8 Å². The maximum Gasteiger partial charge on any atom is 0.205 e. The zero-order valence-corrected chi connectivity index (χ0v) is 10.6. The molecular weight excluding hydrogens is 230 g/mol. The average molecular weight is 245 g/mol. The van der Waals surface area contributed by atoms with Crippen LogP contribution in [0.25, 0.3) is 0 Å². The number of hydrogen-bond donors (Lipinski definition) is 1. The molecule has 0 radical (unpaired) electrons. The second kappa shape index (κ2) is 4.45. The fourth-order valence-corrected chi connectivity index (χ4v) is 3.04. The molecule has 1 aliphatic carbocycles. The number of fused-ring (bicyclic) bond motifs is 1. The SMILES string of the molecule is CC1CCC(Nc2nncs2)c2ccccc21. The maximum atomic E-state index is 4.06. The summed E-state index contributed by atoms with van der Waals surface area (Å²) < 4.78 is 0. The smallest absolute Gasteiger partial charge is 0.205 e. The zero-order chi connectivity index (χ0) is 11.7. The van der Waals surface area contributed by atoms with Crippen molar-refractivity contribution in [3.05, 3.63) is 40.9 Å². The second-order valence-corrected chi connectivity index (χ2v) is 5.38. The Morgan fingerprint density at radius 1 is 1.24 bits per heavy atom. The van der Waals surface area contributed by atoms with Crippen LogP contribution in [0.1, 0.15) is 42.9 Å². The van der Waals surface area contributed by atoms with E-state index < -0.39 is 0 Å². The Kier molecular flexibility index (Phi) is 2.81. The first kappa shape index (κ1) is 10.7. The highest BCUT2D eigenvalue weighted by atomic mass is 32.1. The van der Waals surface area contributed by atoms with E-state index >= 15 is 0 Å². The molecule has 2 aromatic rings. The van der Waals surface area contributed by atoms with Crippen LogP contribution in [0.2, 0.25) is 0 Å². The molecule has 4 heteroatoms. The molecule has 0 spiro atoms. The first-order chi connectivity index (χ1) is 8.34. The van der Waals surface area contributed by atoms with Crippen molar-refractivity contribution in [2.24, 2.45) is 0 Å². The van der Waals surface area contributed by atoms with E-state index in [0.29, 0.717) is 12.0 Å². The summed E-state index contributed by atoms with van der Waals surface area (Å²) in [6.45, 7) is 2.31. The van der Waals surface area contributed by atoms with Crippen LogP contribution in [0.4, 0.5) is 5.13 Å². The normalized spacial score (nSPS) is 23.1. The minimum absolute atomic E-state index is 0.385. The van der Waals surface area contributed by atoms with Crippen molar-refractivity contribution < 1.29 is 0 Å². The van der Waals surface area contributed by atoms with Crippen molar-refractivity contribution >= 4 is 16.5 Å². The molecule has 2 unspecified atom stereocenters. The number of rotatable bonds is 2. The summed E-state index contributed by atoms with van der Waals surface area (Å²) in [5.41, 5.74) is 4.65. The molecule has 3 nitrogen and oxygen atoms in total. The number of anilines is 1. The number of benzene rings is 1. The number of nitrogens with zero attached hydrogens (tertiary/aromatic N) is 2. The molecule has 1 aliphatic rings. The van der Waals surface area contributed by atoms with E-state index in [4.69, 9.17) is 0 Å². The lowest BCUT2D eigenvalue weighted by atomic mass is 9.81. The Morgan fingerprint density at radius 2 is 2.06 bits per heavy atom. The van der Waals surface area contributed by atoms with E-state index in [1.807, 2.05) is 0 Å². The molecule has 2 atom stereocenters. The molecule has 1 aromatic carbocycles. The highest BCUT2D eigenvalue weighted by Gasteiger charge is 2.24. The van der Waals surface area contributed by atoms with Crippen LogP contribution in [0.5, 0.6) is 0 Å². The highest BCUT2D eigenvalue weighted by Crippen LogP contribution is 2.38. The van der Waals surface area contributed by atoms with Gasteiger partial charge in [-0.2, -0.15) is 0 Å². The molecule has 0 amide bonds. The van der Waals surface area contributed by atoms with E-state index in [-0.39, 0.29) is 0 Å². The van der Waals surface area contributed by atoms with E-state index in [9.17, 15) is 0 Å². The van der Waals surface area contributed by atoms with Gasteiger partial charge in [-0.1, -0.05) is 42.5 Å². The van der Waals surface area contributed by atoms with E-state index in [2.05, 4.69) is 46.7 Å². The Labute approximate surface area is 105 Å². The van der Waals surface area contributed by atoms with Crippen molar-refractivity contribution in [2.75, 3.05) is 5.32 Å². The van der Waals surface area contributed by atoms with Crippen LogP contribution < -0.4 is 5.32 Å². The molecule has 1 N–H and O–H groups in total. The minimum Gasteiger partial charge on any atom is -0.353 e. The first-order valence-electron chi connectivity index (χ1n) is 5.96. The van der Waals surface area contributed by atoms with Crippen molar-refractivity contribution in [2.45, 2.75) is 31.7 Å². The Bertz CT molecular complexity index is 495. The predicted molar refractivity (Wildman–Crippen MR) is 70.4 cm³/mol. The van der Waals surface area contributed by atoms with Crippen molar-refractivity contribution in [1.29, 1.82) is 0 Å². The number of nitrogens with one attached hydrogen (secondary N) is 1. The van der Waals surface area contributed by atoms with Gasteiger partial charge >= 0.3 is 0 Å². The van der Waals surface area contributed by atoms with E-state index in [0.717, 1.165) is 11.6 Å². The molecule has 1 aromatic heterocycles. The molecule has 0 saturated carbocycles. The zero-order valence-electron chi connectivity index (χ0n) is 9.76. The summed E-state index contributed by atoms with van der Waals surface area (Å²) >= 11 is 1.56. The monoisotopic (exact) mass is 245 g/mol. The maximum absolute atomic E-state index is 4.06. The molecular formula is C13H15N3S. The Hall–Kier alpha value is -1.42. The largest absolute Gasteiger partial charge is 0.353 e. The van der Waals surface area contributed by atoms with Crippen molar-refractivity contribution in [1.82, 2.24) is 10.2 Å². The number of aromatic nitrogens is 2. The van der Waals surface area contributed by atoms with Gasteiger partial charge in [-0.25, -0.2) is 0 Å². The van der Waals surface area contributed by atoms with Gasteiger partial charge in [0.15, 0.2) is 0 Å². The van der Waals surface area contributed by atoms with E-state index in [1.165, 1.54) is 17.5 Å². The van der Waals surface area contributed by atoms with E-state index in [1.54, 1.807) is 16.8 Å². The van der Waals surface area contributed by atoms with Crippen LogP contribution >= 0.6 is 11.3 Å². The average Bonchev–Trinajstić information content (AvgIpc) is 2.86. The third kappa shape index (κ3) is 2.05. The van der Waals surface area contributed by atoms with Gasteiger partial charge in [0, 0.05) is 0 Å². The Balaban J connectivity index is 1.90. The highest BCUT2D eigenvalue weighted by molar-refractivity contribution is 7.13. The Morgan fingerprint density at radius 3 is 2.82 bits per heavy atom. The minimum atomic E-state index is 0.385. The lowest BCUT2D eigenvalue weighted by molar-refractivity contribution is 0.534. The van der Waals surface area contributed by atoms with Gasteiger partial charge in [-0.3, -0.25) is 0 Å². The van der Waals surface area contributed by atoms with Gasteiger partial charge < -0.3 is 5.32 Å². The van der Waals surface area contributed by atoms with Crippen molar-refractivity contribution in [3.8, 4) is 0 Å². The summed E-state index contributed by atoms with van der Waals surface area (Å²) in [5.74, 6) is 0.665. The molecule has 0 bridgehead atoms. The van der Waals surface area contributed by atoms with Crippen LogP contribution in [0, 0.1) is 0 Å². The predicted octanol–water partition coefficient (Wildman–Crippen LogP) is 3.59. The third-order valence-electron chi connectivity index (χ3n) is 3.45. The standard InChI is InChI=1S/C13H15N3S/c1-9-6-7-12(15-13-16-14-8-17-13)11-5-3-2-4-10(9)11/h2-5,8-9,12H,6-7H2,1H3,(H,15,16). The van der Waals surface area contributed by atoms with Gasteiger partial charge in [0.25, 0.3) is 0 Å². The van der Waals surface area contributed by atoms with Gasteiger partial charge in [0.05, 0.1) is 6.04 Å². The summed E-state index contributed by atoms with van der Waals surface area (Å²) in [6, 6.07) is 9.10. The van der Waals surface area contributed by atoms with Gasteiger partial charge in [-0.15, -0.1) is 10.2 Å².